The van der Waals surface area contributed by atoms with Crippen LogP contribution in [-0.2, 0) is 6.54 Å². The third kappa shape index (κ3) is 3.10. The summed E-state index contributed by atoms with van der Waals surface area (Å²) < 4.78 is 2.08. The zero-order valence-corrected chi connectivity index (χ0v) is 13.3. The van der Waals surface area contributed by atoms with Crippen LogP contribution in [0, 0.1) is 13.8 Å². The summed E-state index contributed by atoms with van der Waals surface area (Å²) in [5.74, 6) is 0.931. The molecule has 5 heteroatoms. The van der Waals surface area contributed by atoms with Gasteiger partial charge in [-0.1, -0.05) is 0 Å². The van der Waals surface area contributed by atoms with Crippen LogP contribution in [-0.4, -0.2) is 51.5 Å². The fourth-order valence-corrected chi connectivity index (χ4v) is 2.60. The molecule has 1 atom stereocenters. The lowest BCUT2D eigenvalue weighted by atomic mass is 10.1. The Bertz CT molecular complexity index is 621. The number of hydrogen-bond donors (Lipinski definition) is 2. The van der Waals surface area contributed by atoms with E-state index in [9.17, 15) is 5.11 Å². The van der Waals surface area contributed by atoms with Gasteiger partial charge >= 0.3 is 0 Å². The Morgan fingerprint density at radius 3 is 2.48 bits per heavy atom. The maximum Gasteiger partial charge on any atom is 0.127 e. The van der Waals surface area contributed by atoms with E-state index in [2.05, 4.69) is 42.4 Å². The van der Waals surface area contributed by atoms with Gasteiger partial charge in [-0.2, -0.15) is 0 Å². The van der Waals surface area contributed by atoms with Gasteiger partial charge in [0, 0.05) is 13.1 Å². The van der Waals surface area contributed by atoms with Crippen LogP contribution in [0.25, 0.3) is 11.0 Å². The molecule has 1 aromatic carbocycles. The minimum Gasteiger partial charge on any atom is -0.395 e. The monoisotopic (exact) mass is 291 g/mol. The molecule has 1 aromatic heterocycles. The SMILES string of the molecule is Cc1cc2nc(C(C)N(C)CCO)n(CCO)c2cc1C. The molecule has 116 valence electrons. The minimum absolute atomic E-state index is 0.0803. The molecule has 2 rings (SSSR count). The quantitative estimate of drug-likeness (QED) is 0.849. The van der Waals surface area contributed by atoms with Crippen LogP contribution in [0.15, 0.2) is 12.1 Å². The normalized spacial score (nSPS) is 13.3. The first kappa shape index (κ1) is 15.9. The topological polar surface area (TPSA) is 61.5 Å². The lowest BCUT2D eigenvalue weighted by Gasteiger charge is -2.24. The first-order chi connectivity index (χ1) is 9.99. The second-order valence-corrected chi connectivity index (χ2v) is 5.65. The lowest BCUT2D eigenvalue weighted by molar-refractivity contribution is 0.180. The van der Waals surface area contributed by atoms with Crippen molar-refractivity contribution in [1.82, 2.24) is 14.5 Å². The molecule has 2 aromatic rings. The zero-order chi connectivity index (χ0) is 15.6. The molecule has 0 aliphatic carbocycles. The van der Waals surface area contributed by atoms with Gasteiger partial charge in [0.15, 0.2) is 0 Å². The number of aromatic nitrogens is 2. The van der Waals surface area contributed by atoms with Crippen molar-refractivity contribution in [2.75, 3.05) is 26.8 Å². The molecule has 0 spiro atoms. The Kier molecular flexibility index (Phi) is 4.98. The van der Waals surface area contributed by atoms with E-state index in [4.69, 9.17) is 10.1 Å². The van der Waals surface area contributed by atoms with Crippen molar-refractivity contribution in [1.29, 1.82) is 0 Å². The summed E-state index contributed by atoms with van der Waals surface area (Å²) in [7, 11) is 1.97. The predicted octanol–water partition coefficient (Wildman–Crippen LogP) is 1.63. The number of aliphatic hydroxyl groups is 2. The number of likely N-dealkylation sites (N-methyl/N-ethyl adjacent to an activating group) is 1. The summed E-state index contributed by atoms with van der Waals surface area (Å²) in [5, 5.41) is 18.5. The molecule has 21 heavy (non-hydrogen) atoms. The largest absolute Gasteiger partial charge is 0.395 e. The first-order valence-corrected chi connectivity index (χ1v) is 7.39. The molecular weight excluding hydrogens is 266 g/mol. The van der Waals surface area contributed by atoms with Gasteiger partial charge in [-0.25, -0.2) is 4.98 Å². The minimum atomic E-state index is 0.0803. The average molecular weight is 291 g/mol. The third-order valence-corrected chi connectivity index (χ3v) is 4.20. The van der Waals surface area contributed by atoms with Gasteiger partial charge in [0.2, 0.25) is 0 Å². The van der Waals surface area contributed by atoms with E-state index in [1.54, 1.807) is 0 Å². The molecule has 0 amide bonds. The number of nitrogens with zero attached hydrogens (tertiary/aromatic N) is 3. The van der Waals surface area contributed by atoms with Gasteiger partial charge in [0.05, 0.1) is 30.3 Å². The molecule has 0 bridgehead atoms. The number of aliphatic hydroxyl groups excluding tert-OH is 2. The highest BCUT2D eigenvalue weighted by atomic mass is 16.3. The number of imidazole rings is 1. The molecule has 5 nitrogen and oxygen atoms in total. The van der Waals surface area contributed by atoms with Gasteiger partial charge in [-0.15, -0.1) is 0 Å². The van der Waals surface area contributed by atoms with E-state index in [1.165, 1.54) is 11.1 Å². The number of benzene rings is 1. The molecule has 1 unspecified atom stereocenters. The fourth-order valence-electron chi connectivity index (χ4n) is 2.60. The van der Waals surface area contributed by atoms with Crippen molar-refractivity contribution in [3.8, 4) is 0 Å². The summed E-state index contributed by atoms with van der Waals surface area (Å²) in [5.41, 5.74) is 4.47. The molecule has 0 saturated carbocycles. The highest BCUT2D eigenvalue weighted by molar-refractivity contribution is 5.78. The Morgan fingerprint density at radius 1 is 1.19 bits per heavy atom. The number of aryl methyl sites for hydroxylation is 2. The van der Waals surface area contributed by atoms with Crippen molar-refractivity contribution < 1.29 is 10.2 Å². The van der Waals surface area contributed by atoms with Crippen molar-refractivity contribution in [3.63, 3.8) is 0 Å². The third-order valence-electron chi connectivity index (χ3n) is 4.20. The Labute approximate surface area is 125 Å². The average Bonchev–Trinajstić information content (AvgIpc) is 2.77. The van der Waals surface area contributed by atoms with Gasteiger partial charge < -0.3 is 14.8 Å². The number of rotatable bonds is 6. The van der Waals surface area contributed by atoms with Crippen LogP contribution >= 0.6 is 0 Å². The van der Waals surface area contributed by atoms with Crippen molar-refractivity contribution in [2.45, 2.75) is 33.4 Å². The van der Waals surface area contributed by atoms with Gasteiger partial charge in [-0.05, 0) is 51.1 Å². The fraction of sp³-hybridized carbons (Fsp3) is 0.562. The standard InChI is InChI=1S/C16H25N3O2/c1-11-9-14-15(10-12(11)2)19(6-8-21)16(17-14)13(3)18(4)5-7-20/h9-10,13,20-21H,5-8H2,1-4H3. The Balaban J connectivity index is 2.54. The van der Waals surface area contributed by atoms with Crippen LogP contribution in [0.5, 0.6) is 0 Å². The maximum atomic E-state index is 9.37. The molecular formula is C16H25N3O2. The van der Waals surface area contributed by atoms with Crippen LogP contribution in [0.3, 0.4) is 0 Å². The zero-order valence-electron chi connectivity index (χ0n) is 13.3. The number of hydrogen-bond acceptors (Lipinski definition) is 4. The van der Waals surface area contributed by atoms with E-state index in [0.717, 1.165) is 16.9 Å². The molecule has 0 aliphatic rings. The van der Waals surface area contributed by atoms with E-state index < -0.39 is 0 Å². The van der Waals surface area contributed by atoms with Crippen LogP contribution in [0.1, 0.15) is 29.9 Å². The molecule has 0 fully saturated rings. The summed E-state index contributed by atoms with van der Waals surface area (Å²) >= 11 is 0. The molecule has 1 heterocycles. The Morgan fingerprint density at radius 2 is 1.86 bits per heavy atom. The second-order valence-electron chi connectivity index (χ2n) is 5.65. The predicted molar refractivity (Wildman–Crippen MR) is 84.4 cm³/mol. The molecule has 2 N–H and O–H groups in total. The molecule has 0 saturated heterocycles. The molecule has 0 aliphatic heterocycles. The highest BCUT2D eigenvalue weighted by Crippen LogP contribution is 2.26. The van der Waals surface area contributed by atoms with Crippen molar-refractivity contribution >= 4 is 11.0 Å². The van der Waals surface area contributed by atoms with Crippen LogP contribution in [0.2, 0.25) is 0 Å². The van der Waals surface area contributed by atoms with E-state index in [0.29, 0.717) is 13.1 Å². The maximum absolute atomic E-state index is 9.37. The highest BCUT2D eigenvalue weighted by Gasteiger charge is 2.20. The smallest absolute Gasteiger partial charge is 0.127 e. The van der Waals surface area contributed by atoms with E-state index in [-0.39, 0.29) is 19.3 Å². The Hall–Kier alpha value is -1.43. The van der Waals surface area contributed by atoms with Crippen LogP contribution < -0.4 is 0 Å². The number of fused-ring (bicyclic) bond motifs is 1. The molecule has 0 radical (unpaired) electrons. The van der Waals surface area contributed by atoms with Crippen molar-refractivity contribution in [2.24, 2.45) is 0 Å². The van der Waals surface area contributed by atoms with E-state index in [1.807, 2.05) is 7.05 Å². The summed E-state index contributed by atoms with van der Waals surface area (Å²) in [6.07, 6.45) is 0. The van der Waals surface area contributed by atoms with Gasteiger partial charge in [-0.3, -0.25) is 4.90 Å². The summed E-state index contributed by atoms with van der Waals surface area (Å²) in [6, 6.07) is 4.31. The lowest BCUT2D eigenvalue weighted by Crippen LogP contribution is -2.28. The second kappa shape index (κ2) is 6.56. The first-order valence-electron chi connectivity index (χ1n) is 7.39. The van der Waals surface area contributed by atoms with Gasteiger partial charge in [0.25, 0.3) is 0 Å². The van der Waals surface area contributed by atoms with Crippen molar-refractivity contribution in [3.05, 3.63) is 29.1 Å². The summed E-state index contributed by atoms with van der Waals surface area (Å²) in [4.78, 5) is 6.83. The van der Waals surface area contributed by atoms with Crippen LogP contribution in [0.4, 0.5) is 0 Å². The summed E-state index contributed by atoms with van der Waals surface area (Å²) in [6.45, 7) is 7.59. The van der Waals surface area contributed by atoms with E-state index >= 15 is 0 Å². The van der Waals surface area contributed by atoms with Gasteiger partial charge in [0.1, 0.15) is 5.82 Å².